The maximum absolute atomic E-state index is 6.15. The van der Waals surface area contributed by atoms with E-state index in [1.165, 1.54) is 4.90 Å². The van der Waals surface area contributed by atoms with Gasteiger partial charge in [0.05, 0.1) is 18.0 Å². The Kier molecular flexibility index (Phi) is 5.18. The van der Waals surface area contributed by atoms with Gasteiger partial charge in [-0.3, -0.25) is 0 Å². The van der Waals surface area contributed by atoms with Gasteiger partial charge in [0.2, 0.25) is 0 Å². The molecular weight excluding hydrogens is 268 g/mol. The highest BCUT2D eigenvalue weighted by molar-refractivity contribution is 7.98. The van der Waals surface area contributed by atoms with Gasteiger partial charge in [-0.1, -0.05) is 19.1 Å². The minimum Gasteiger partial charge on any atom is -0.491 e. The zero-order valence-electron chi connectivity index (χ0n) is 11.8. The molecule has 0 saturated heterocycles. The third-order valence-electron chi connectivity index (χ3n) is 2.88. The zero-order valence-corrected chi connectivity index (χ0v) is 12.7. The van der Waals surface area contributed by atoms with E-state index in [9.17, 15) is 0 Å². The number of benzene rings is 2. The molecule has 4 heteroatoms. The molecule has 20 heavy (non-hydrogen) atoms. The first-order chi connectivity index (χ1) is 9.74. The van der Waals surface area contributed by atoms with E-state index in [1.54, 1.807) is 11.8 Å². The Morgan fingerprint density at radius 2 is 2.00 bits per heavy atom. The van der Waals surface area contributed by atoms with Crippen molar-refractivity contribution in [1.82, 2.24) is 0 Å². The number of nitrogen functional groups attached to an aromatic ring is 1. The van der Waals surface area contributed by atoms with Crippen molar-refractivity contribution in [2.24, 2.45) is 0 Å². The van der Waals surface area contributed by atoms with E-state index in [1.807, 2.05) is 30.3 Å². The highest BCUT2D eigenvalue weighted by Crippen LogP contribution is 2.32. The standard InChI is InChI=1S/C16H20N2OS/c1-3-10-19-15-9-5-8-14(16(15)17)18-12-6-4-7-13(11-12)20-2/h4-9,11,18H,3,10,17H2,1-2H3. The average molecular weight is 288 g/mol. The molecule has 0 spiro atoms. The van der Waals surface area contributed by atoms with E-state index in [0.717, 1.165) is 23.5 Å². The molecule has 0 radical (unpaired) electrons. The number of rotatable bonds is 6. The van der Waals surface area contributed by atoms with Gasteiger partial charge in [-0.25, -0.2) is 0 Å². The maximum Gasteiger partial charge on any atom is 0.144 e. The van der Waals surface area contributed by atoms with Crippen LogP contribution in [0.3, 0.4) is 0 Å². The van der Waals surface area contributed by atoms with E-state index >= 15 is 0 Å². The van der Waals surface area contributed by atoms with Gasteiger partial charge in [0, 0.05) is 10.6 Å². The predicted molar refractivity (Wildman–Crippen MR) is 88.1 cm³/mol. The lowest BCUT2D eigenvalue weighted by Gasteiger charge is -2.14. The first-order valence-electron chi connectivity index (χ1n) is 6.67. The number of ether oxygens (including phenoxy) is 1. The molecule has 0 fully saturated rings. The largest absolute Gasteiger partial charge is 0.491 e. The summed E-state index contributed by atoms with van der Waals surface area (Å²) in [7, 11) is 0. The second-order valence-electron chi connectivity index (χ2n) is 4.42. The molecule has 2 aromatic carbocycles. The van der Waals surface area contributed by atoms with Crippen molar-refractivity contribution in [3.63, 3.8) is 0 Å². The van der Waals surface area contributed by atoms with Crippen LogP contribution < -0.4 is 15.8 Å². The second kappa shape index (κ2) is 7.10. The van der Waals surface area contributed by atoms with Crippen molar-refractivity contribution in [2.45, 2.75) is 18.2 Å². The minimum absolute atomic E-state index is 0.649. The van der Waals surface area contributed by atoms with Crippen LogP contribution in [0.15, 0.2) is 47.4 Å². The van der Waals surface area contributed by atoms with E-state index in [0.29, 0.717) is 12.3 Å². The van der Waals surface area contributed by atoms with E-state index in [-0.39, 0.29) is 0 Å². The fourth-order valence-electron chi connectivity index (χ4n) is 1.85. The lowest BCUT2D eigenvalue weighted by atomic mass is 10.2. The van der Waals surface area contributed by atoms with Crippen molar-refractivity contribution in [2.75, 3.05) is 23.9 Å². The van der Waals surface area contributed by atoms with Crippen LogP contribution in [0.25, 0.3) is 0 Å². The van der Waals surface area contributed by atoms with Crippen LogP contribution in [0.1, 0.15) is 13.3 Å². The monoisotopic (exact) mass is 288 g/mol. The van der Waals surface area contributed by atoms with Crippen molar-refractivity contribution in [1.29, 1.82) is 0 Å². The summed E-state index contributed by atoms with van der Waals surface area (Å²) in [6.45, 7) is 2.75. The SMILES string of the molecule is CCCOc1cccc(Nc2cccc(SC)c2)c1N. The highest BCUT2D eigenvalue weighted by Gasteiger charge is 2.06. The molecule has 0 unspecified atom stereocenters. The Morgan fingerprint density at radius 3 is 2.75 bits per heavy atom. The molecular formula is C16H20N2OS. The molecule has 0 saturated carbocycles. The Morgan fingerprint density at radius 1 is 1.20 bits per heavy atom. The van der Waals surface area contributed by atoms with Crippen LogP contribution in [-0.4, -0.2) is 12.9 Å². The Hall–Kier alpha value is -1.81. The molecule has 0 aliphatic carbocycles. The summed E-state index contributed by atoms with van der Waals surface area (Å²) in [4.78, 5) is 1.21. The van der Waals surface area contributed by atoms with Crippen LogP contribution in [-0.2, 0) is 0 Å². The van der Waals surface area contributed by atoms with Crippen LogP contribution in [0.4, 0.5) is 17.1 Å². The normalized spacial score (nSPS) is 10.3. The Balaban J connectivity index is 2.20. The van der Waals surface area contributed by atoms with Gasteiger partial charge in [0.1, 0.15) is 5.75 Å². The number of anilines is 3. The molecule has 106 valence electrons. The molecule has 0 heterocycles. The average Bonchev–Trinajstić information content (AvgIpc) is 2.48. The van der Waals surface area contributed by atoms with Crippen LogP contribution in [0.5, 0.6) is 5.75 Å². The van der Waals surface area contributed by atoms with Gasteiger partial charge in [-0.2, -0.15) is 0 Å². The van der Waals surface area contributed by atoms with Crippen molar-refractivity contribution >= 4 is 28.8 Å². The Labute approximate surface area is 124 Å². The topological polar surface area (TPSA) is 47.3 Å². The molecule has 3 N–H and O–H groups in total. The van der Waals surface area contributed by atoms with Gasteiger partial charge in [0.25, 0.3) is 0 Å². The fraction of sp³-hybridized carbons (Fsp3) is 0.250. The number of nitrogens with one attached hydrogen (secondary N) is 1. The third-order valence-corrected chi connectivity index (χ3v) is 3.60. The lowest BCUT2D eigenvalue weighted by molar-refractivity contribution is 0.319. The third kappa shape index (κ3) is 3.61. The van der Waals surface area contributed by atoms with Crippen LogP contribution >= 0.6 is 11.8 Å². The molecule has 0 atom stereocenters. The maximum atomic E-state index is 6.15. The smallest absolute Gasteiger partial charge is 0.144 e. The highest BCUT2D eigenvalue weighted by atomic mass is 32.2. The van der Waals surface area contributed by atoms with Crippen LogP contribution in [0.2, 0.25) is 0 Å². The molecule has 3 nitrogen and oxygen atoms in total. The molecule has 2 aromatic rings. The summed E-state index contributed by atoms with van der Waals surface area (Å²) in [6, 6.07) is 14.0. The lowest BCUT2D eigenvalue weighted by Crippen LogP contribution is -2.02. The number of nitrogens with two attached hydrogens (primary N) is 1. The van der Waals surface area contributed by atoms with Gasteiger partial charge in [-0.05, 0) is 43.0 Å². The van der Waals surface area contributed by atoms with Gasteiger partial charge < -0.3 is 15.8 Å². The van der Waals surface area contributed by atoms with Crippen molar-refractivity contribution in [3.8, 4) is 5.75 Å². The first-order valence-corrected chi connectivity index (χ1v) is 7.89. The number of hydrogen-bond acceptors (Lipinski definition) is 4. The number of hydrogen-bond donors (Lipinski definition) is 2. The number of para-hydroxylation sites is 1. The summed E-state index contributed by atoms with van der Waals surface area (Å²) in [5.41, 5.74) is 8.69. The zero-order chi connectivity index (χ0) is 14.4. The molecule has 0 aromatic heterocycles. The predicted octanol–water partition coefficient (Wildman–Crippen LogP) is 4.52. The Bertz CT molecular complexity index is 572. The molecule has 0 aliphatic heterocycles. The first kappa shape index (κ1) is 14.6. The summed E-state index contributed by atoms with van der Waals surface area (Å²) in [5, 5.41) is 3.35. The summed E-state index contributed by atoms with van der Waals surface area (Å²) < 4.78 is 5.64. The van der Waals surface area contributed by atoms with Gasteiger partial charge >= 0.3 is 0 Å². The van der Waals surface area contributed by atoms with Gasteiger partial charge in [0.15, 0.2) is 0 Å². The molecule has 0 amide bonds. The van der Waals surface area contributed by atoms with E-state index in [2.05, 4.69) is 30.6 Å². The van der Waals surface area contributed by atoms with Crippen molar-refractivity contribution in [3.05, 3.63) is 42.5 Å². The minimum atomic E-state index is 0.649. The fourth-order valence-corrected chi connectivity index (χ4v) is 2.31. The molecule has 0 aliphatic rings. The molecule has 0 bridgehead atoms. The summed E-state index contributed by atoms with van der Waals surface area (Å²) >= 11 is 1.72. The summed E-state index contributed by atoms with van der Waals surface area (Å²) in [5.74, 6) is 0.734. The van der Waals surface area contributed by atoms with Gasteiger partial charge in [-0.15, -0.1) is 11.8 Å². The molecule has 2 rings (SSSR count). The van der Waals surface area contributed by atoms with E-state index in [4.69, 9.17) is 10.5 Å². The number of thioether (sulfide) groups is 1. The quantitative estimate of drug-likeness (QED) is 0.606. The van der Waals surface area contributed by atoms with E-state index < -0.39 is 0 Å². The van der Waals surface area contributed by atoms with Crippen LogP contribution in [0, 0.1) is 0 Å². The second-order valence-corrected chi connectivity index (χ2v) is 5.30. The van der Waals surface area contributed by atoms with Crippen molar-refractivity contribution < 1.29 is 4.74 Å². The summed E-state index contributed by atoms with van der Waals surface area (Å²) in [6.07, 6.45) is 3.03.